The highest BCUT2D eigenvalue weighted by Gasteiger charge is 2.45. The van der Waals surface area contributed by atoms with Crippen LogP contribution in [0.25, 0.3) is 10.9 Å². The lowest BCUT2D eigenvalue weighted by molar-refractivity contribution is 0.00809. The second-order valence-electron chi connectivity index (χ2n) is 6.45. The van der Waals surface area contributed by atoms with E-state index in [1.807, 2.05) is 38.1 Å². The number of fused-ring (bicyclic) bond motifs is 2. The van der Waals surface area contributed by atoms with Gasteiger partial charge in [-0.15, -0.1) is 0 Å². The van der Waals surface area contributed by atoms with Crippen LogP contribution in [0.3, 0.4) is 0 Å². The Balaban J connectivity index is 1.60. The minimum atomic E-state index is -0.0104. The third-order valence-electron chi connectivity index (χ3n) is 5.06. The van der Waals surface area contributed by atoms with Crippen molar-refractivity contribution in [2.24, 2.45) is 5.92 Å². The Morgan fingerprint density at radius 1 is 1.36 bits per heavy atom. The molecule has 0 radical (unpaired) electrons. The number of carbonyl (C=O) groups excluding carboxylic acids is 1. The highest BCUT2D eigenvalue weighted by Crippen LogP contribution is 2.38. The van der Waals surface area contributed by atoms with Crippen molar-refractivity contribution in [1.82, 2.24) is 10.3 Å². The second kappa shape index (κ2) is 5.06. The van der Waals surface area contributed by atoms with Crippen LogP contribution in [-0.2, 0) is 4.74 Å². The molecule has 3 atom stereocenters. The molecule has 2 heterocycles. The first-order valence-electron chi connectivity index (χ1n) is 7.93. The molecule has 1 N–H and O–H groups in total. The maximum absolute atomic E-state index is 12.6. The van der Waals surface area contributed by atoms with E-state index in [2.05, 4.69) is 10.3 Å². The Morgan fingerprint density at radius 2 is 2.23 bits per heavy atom. The number of para-hydroxylation sites is 1. The fraction of sp³-hybridized carbons (Fsp3) is 0.444. The van der Waals surface area contributed by atoms with Gasteiger partial charge in [-0.1, -0.05) is 18.2 Å². The number of nitrogens with one attached hydrogen (secondary N) is 1. The number of aromatic nitrogens is 1. The molecule has 0 bridgehead atoms. The first kappa shape index (κ1) is 13.7. The fourth-order valence-corrected chi connectivity index (χ4v) is 3.68. The largest absolute Gasteiger partial charge is 0.378 e. The van der Waals surface area contributed by atoms with Crippen LogP contribution < -0.4 is 5.32 Å². The van der Waals surface area contributed by atoms with Gasteiger partial charge >= 0.3 is 0 Å². The van der Waals surface area contributed by atoms with Crippen molar-refractivity contribution in [1.29, 1.82) is 0 Å². The third kappa shape index (κ3) is 2.10. The van der Waals surface area contributed by atoms with Gasteiger partial charge in [-0.3, -0.25) is 9.78 Å². The topological polar surface area (TPSA) is 51.2 Å². The number of benzene rings is 1. The number of ether oxygens (including phenoxy) is 1. The van der Waals surface area contributed by atoms with Crippen molar-refractivity contribution in [3.63, 3.8) is 0 Å². The third-order valence-corrected chi connectivity index (χ3v) is 5.06. The van der Waals surface area contributed by atoms with Crippen LogP contribution in [0.2, 0.25) is 0 Å². The monoisotopic (exact) mass is 296 g/mol. The Bertz CT molecular complexity index is 756. The van der Waals surface area contributed by atoms with E-state index in [9.17, 15) is 4.79 Å². The summed E-state index contributed by atoms with van der Waals surface area (Å²) in [7, 11) is 0. The Morgan fingerprint density at radius 3 is 3.05 bits per heavy atom. The van der Waals surface area contributed by atoms with Gasteiger partial charge in [0.05, 0.1) is 22.9 Å². The molecule has 0 spiro atoms. The van der Waals surface area contributed by atoms with Crippen molar-refractivity contribution in [2.45, 2.75) is 38.8 Å². The Hall–Kier alpha value is -1.94. The van der Waals surface area contributed by atoms with Gasteiger partial charge in [-0.2, -0.15) is 0 Å². The summed E-state index contributed by atoms with van der Waals surface area (Å²) in [6.07, 6.45) is 2.36. The molecule has 2 aromatic rings. The molecule has 1 amide bonds. The van der Waals surface area contributed by atoms with E-state index in [0.29, 0.717) is 17.6 Å². The summed E-state index contributed by atoms with van der Waals surface area (Å²) in [5.41, 5.74) is 3.58. The van der Waals surface area contributed by atoms with E-state index >= 15 is 0 Å². The van der Waals surface area contributed by atoms with Crippen LogP contribution in [0.5, 0.6) is 0 Å². The number of carbonyl (C=O) groups is 1. The van der Waals surface area contributed by atoms with Gasteiger partial charge in [0.1, 0.15) is 0 Å². The molecule has 1 aliphatic carbocycles. The van der Waals surface area contributed by atoms with Gasteiger partial charge in [-0.05, 0) is 38.3 Å². The molecule has 0 unspecified atom stereocenters. The van der Waals surface area contributed by atoms with Gasteiger partial charge < -0.3 is 10.1 Å². The minimum absolute atomic E-state index is 0.0104. The molecule has 22 heavy (non-hydrogen) atoms. The highest BCUT2D eigenvalue weighted by molar-refractivity contribution is 5.99. The maximum atomic E-state index is 12.6. The van der Waals surface area contributed by atoms with E-state index in [1.165, 1.54) is 0 Å². The van der Waals surface area contributed by atoms with Crippen molar-refractivity contribution >= 4 is 16.8 Å². The molecule has 1 aliphatic heterocycles. The zero-order valence-electron chi connectivity index (χ0n) is 12.9. The van der Waals surface area contributed by atoms with Crippen LogP contribution in [0, 0.1) is 19.8 Å². The van der Waals surface area contributed by atoms with Crippen molar-refractivity contribution in [3.05, 3.63) is 41.1 Å². The zero-order chi connectivity index (χ0) is 15.3. The summed E-state index contributed by atoms with van der Waals surface area (Å²) in [4.78, 5) is 17.2. The lowest BCUT2D eigenvalue weighted by atomic mass is 9.76. The van der Waals surface area contributed by atoms with Crippen LogP contribution in [-0.4, -0.2) is 29.6 Å². The Kier molecular flexibility index (Phi) is 3.15. The first-order valence-corrected chi connectivity index (χ1v) is 7.93. The number of hydrogen-bond donors (Lipinski definition) is 1. The van der Waals surface area contributed by atoms with Crippen molar-refractivity contribution in [2.75, 3.05) is 6.61 Å². The molecule has 4 nitrogen and oxygen atoms in total. The molecule has 1 saturated heterocycles. The van der Waals surface area contributed by atoms with Gasteiger partial charge in [0.25, 0.3) is 5.91 Å². The summed E-state index contributed by atoms with van der Waals surface area (Å²) in [6, 6.07) is 8.27. The quantitative estimate of drug-likeness (QED) is 0.927. The Labute approximate surface area is 129 Å². The summed E-state index contributed by atoms with van der Waals surface area (Å²) < 4.78 is 5.60. The van der Waals surface area contributed by atoms with Crippen LogP contribution >= 0.6 is 0 Å². The van der Waals surface area contributed by atoms with Crippen molar-refractivity contribution < 1.29 is 9.53 Å². The summed E-state index contributed by atoms with van der Waals surface area (Å²) in [6.45, 7) is 4.78. The molecular weight excluding hydrogens is 276 g/mol. The van der Waals surface area contributed by atoms with Crippen LogP contribution in [0.15, 0.2) is 24.3 Å². The number of aryl methyl sites for hydroxylation is 2. The highest BCUT2D eigenvalue weighted by atomic mass is 16.5. The second-order valence-corrected chi connectivity index (χ2v) is 6.45. The molecule has 2 fully saturated rings. The van der Waals surface area contributed by atoms with Gasteiger partial charge in [-0.25, -0.2) is 0 Å². The van der Waals surface area contributed by atoms with Gasteiger partial charge in [0.15, 0.2) is 0 Å². The predicted octanol–water partition coefficient (Wildman–Crippen LogP) is 2.76. The molecular formula is C18H20N2O2. The average Bonchev–Trinajstić information content (AvgIpc) is 2.86. The zero-order valence-corrected chi connectivity index (χ0v) is 12.9. The molecule has 2 aliphatic rings. The van der Waals surface area contributed by atoms with Crippen LogP contribution in [0.1, 0.15) is 34.5 Å². The van der Waals surface area contributed by atoms with E-state index in [4.69, 9.17) is 4.74 Å². The summed E-state index contributed by atoms with van der Waals surface area (Å²) in [5.74, 6) is 0.490. The standard InChI is InChI=1S/C18H20N2O2/c1-10-4-3-5-12-8-14(11(2)19-17(10)12)18(21)20-15-9-16-13(15)6-7-22-16/h3-5,8,13,15-16H,6-7,9H2,1-2H3,(H,20,21)/t13-,15+,16+/m0/s1. The number of pyridine rings is 1. The number of rotatable bonds is 2. The summed E-state index contributed by atoms with van der Waals surface area (Å²) >= 11 is 0. The fourth-order valence-electron chi connectivity index (χ4n) is 3.68. The molecule has 1 aromatic heterocycles. The molecule has 4 rings (SSSR count). The lowest BCUT2D eigenvalue weighted by Crippen LogP contribution is -2.53. The maximum Gasteiger partial charge on any atom is 0.253 e. The SMILES string of the molecule is Cc1nc2c(C)cccc2cc1C(=O)N[C@@H]1C[C@H]2OCC[C@@H]12. The first-order chi connectivity index (χ1) is 10.6. The number of nitrogens with zero attached hydrogens (tertiary/aromatic N) is 1. The van der Waals surface area contributed by atoms with Gasteiger partial charge in [0, 0.05) is 24.0 Å². The van der Waals surface area contributed by atoms with E-state index in [-0.39, 0.29) is 11.9 Å². The number of amides is 1. The van der Waals surface area contributed by atoms with Crippen LogP contribution in [0.4, 0.5) is 0 Å². The minimum Gasteiger partial charge on any atom is -0.378 e. The normalized spacial score (nSPS) is 26.5. The predicted molar refractivity (Wildman–Crippen MR) is 84.9 cm³/mol. The molecule has 1 saturated carbocycles. The van der Waals surface area contributed by atoms with Gasteiger partial charge in [0.2, 0.25) is 0 Å². The average molecular weight is 296 g/mol. The lowest BCUT2D eigenvalue weighted by Gasteiger charge is -2.39. The molecule has 4 heteroatoms. The molecule has 114 valence electrons. The molecule has 1 aromatic carbocycles. The van der Waals surface area contributed by atoms with E-state index in [0.717, 1.165) is 41.6 Å². The summed E-state index contributed by atoms with van der Waals surface area (Å²) in [5, 5.41) is 4.19. The smallest absolute Gasteiger partial charge is 0.253 e. The van der Waals surface area contributed by atoms with Crippen molar-refractivity contribution in [3.8, 4) is 0 Å². The van der Waals surface area contributed by atoms with E-state index in [1.54, 1.807) is 0 Å². The number of hydrogen-bond acceptors (Lipinski definition) is 3. The van der Waals surface area contributed by atoms with E-state index < -0.39 is 0 Å².